The molecule has 4 aromatic rings. The molecule has 130 valence electrons. The Kier molecular flexibility index (Phi) is 3.89. The second kappa shape index (κ2) is 6.41. The molecule has 0 bridgehead atoms. The van der Waals surface area contributed by atoms with Crippen molar-refractivity contribution in [1.82, 2.24) is 4.98 Å². The summed E-state index contributed by atoms with van der Waals surface area (Å²) in [5.74, 6) is 1.60. The normalized spacial score (nSPS) is 13.0. The minimum absolute atomic E-state index is 0.690. The van der Waals surface area contributed by atoms with Crippen LogP contribution in [0.15, 0.2) is 79.0 Å². The zero-order chi connectivity index (χ0) is 18.4. The van der Waals surface area contributed by atoms with E-state index in [4.69, 9.17) is 27.9 Å². The Bertz CT molecular complexity index is 1190. The molecule has 1 aliphatic rings. The van der Waals surface area contributed by atoms with E-state index in [1.54, 1.807) is 6.20 Å². The molecule has 0 unspecified atom stereocenters. The van der Waals surface area contributed by atoms with E-state index in [0.717, 1.165) is 44.7 Å². The fourth-order valence-electron chi connectivity index (χ4n) is 3.46. The smallest absolute Gasteiger partial charge is 0.143 e. The van der Waals surface area contributed by atoms with E-state index in [1.165, 1.54) is 0 Å². The summed E-state index contributed by atoms with van der Waals surface area (Å²) in [5, 5.41) is 2.40. The number of pyridine rings is 1. The molecular weight excluding hydrogens is 377 g/mol. The van der Waals surface area contributed by atoms with Crippen LogP contribution in [0.1, 0.15) is 16.7 Å². The van der Waals surface area contributed by atoms with E-state index in [2.05, 4.69) is 11.1 Å². The minimum atomic E-state index is 0.690. The fourth-order valence-corrected chi connectivity index (χ4v) is 3.71. The Morgan fingerprint density at radius 2 is 1.37 bits per heavy atom. The number of rotatable bonds is 2. The van der Waals surface area contributed by atoms with Crippen LogP contribution in [0.4, 0.5) is 0 Å². The molecule has 1 aromatic heterocycles. The quantitative estimate of drug-likeness (QED) is 0.373. The Balaban J connectivity index is 1.85. The van der Waals surface area contributed by atoms with Gasteiger partial charge in [-0.25, -0.2) is 0 Å². The molecule has 0 radical (unpaired) electrons. The van der Waals surface area contributed by atoms with Crippen molar-refractivity contribution in [2.75, 3.05) is 0 Å². The van der Waals surface area contributed by atoms with Crippen molar-refractivity contribution in [3.05, 3.63) is 106 Å². The zero-order valence-electron chi connectivity index (χ0n) is 14.1. The molecule has 0 fully saturated rings. The molecule has 0 atom stereocenters. The number of ether oxygens (including phenoxy) is 1. The van der Waals surface area contributed by atoms with Gasteiger partial charge in [-0.2, -0.15) is 0 Å². The lowest BCUT2D eigenvalue weighted by Crippen LogP contribution is -2.07. The highest BCUT2D eigenvalue weighted by Crippen LogP contribution is 2.44. The molecule has 5 rings (SSSR count). The minimum Gasteiger partial charge on any atom is -0.455 e. The third-order valence-corrected chi connectivity index (χ3v) is 5.18. The monoisotopic (exact) mass is 389 g/mol. The molecule has 4 heteroatoms. The summed E-state index contributed by atoms with van der Waals surface area (Å²) in [4.78, 5) is 4.49. The van der Waals surface area contributed by atoms with Crippen molar-refractivity contribution in [2.45, 2.75) is 0 Å². The van der Waals surface area contributed by atoms with E-state index in [9.17, 15) is 0 Å². The Morgan fingerprint density at radius 3 is 2.07 bits per heavy atom. The standard InChI is InChI=1S/C23H13Cl2NO/c24-16-8-4-14(5-9-16)21-18-2-1-3-19-22(18)20(12-13-26-19)27-23(21)15-6-10-17(25)11-7-15/h1-13H. The van der Waals surface area contributed by atoms with Gasteiger partial charge in [-0.1, -0.05) is 47.5 Å². The van der Waals surface area contributed by atoms with Gasteiger partial charge in [0.1, 0.15) is 11.5 Å². The van der Waals surface area contributed by atoms with Crippen molar-refractivity contribution >= 4 is 45.4 Å². The molecule has 2 nitrogen and oxygen atoms in total. The van der Waals surface area contributed by atoms with Crippen molar-refractivity contribution in [2.24, 2.45) is 0 Å². The third kappa shape index (κ3) is 2.78. The molecule has 0 spiro atoms. The molecule has 0 N–H and O–H groups in total. The molecule has 0 saturated heterocycles. The Hall–Kier alpha value is -2.81. The van der Waals surface area contributed by atoms with Gasteiger partial charge in [0.05, 0.1) is 10.9 Å². The largest absolute Gasteiger partial charge is 0.455 e. The molecule has 2 heterocycles. The summed E-state index contributed by atoms with van der Waals surface area (Å²) in [7, 11) is 0. The van der Waals surface area contributed by atoms with Crippen LogP contribution in [-0.4, -0.2) is 4.98 Å². The molecule has 0 amide bonds. The maximum atomic E-state index is 6.39. The van der Waals surface area contributed by atoms with Crippen molar-refractivity contribution < 1.29 is 4.74 Å². The van der Waals surface area contributed by atoms with Gasteiger partial charge in [-0.3, -0.25) is 4.98 Å². The molecule has 3 aromatic carbocycles. The highest BCUT2D eigenvalue weighted by atomic mass is 35.5. The summed E-state index contributed by atoms with van der Waals surface area (Å²) in [5.41, 5.74) is 5.01. The van der Waals surface area contributed by atoms with Gasteiger partial charge in [0, 0.05) is 27.4 Å². The second-order valence-electron chi connectivity index (χ2n) is 6.33. The number of benzene rings is 3. The topological polar surface area (TPSA) is 22.1 Å². The molecular formula is C23H13Cl2NO. The van der Waals surface area contributed by atoms with Crippen LogP contribution in [-0.2, 0) is 0 Å². The van der Waals surface area contributed by atoms with Crippen LogP contribution in [0.25, 0.3) is 22.2 Å². The summed E-state index contributed by atoms with van der Waals surface area (Å²) in [6, 6.07) is 23.5. The lowest BCUT2D eigenvalue weighted by molar-refractivity contribution is 0.519. The van der Waals surface area contributed by atoms with Crippen molar-refractivity contribution in [1.29, 1.82) is 0 Å². The predicted octanol–water partition coefficient (Wildman–Crippen LogP) is 6.85. The first-order chi connectivity index (χ1) is 13.2. The average Bonchev–Trinajstić information content (AvgIpc) is 2.70. The predicted molar refractivity (Wildman–Crippen MR) is 111 cm³/mol. The van der Waals surface area contributed by atoms with Gasteiger partial charge in [0.2, 0.25) is 0 Å². The fraction of sp³-hybridized carbons (Fsp3) is 0. The zero-order valence-corrected chi connectivity index (χ0v) is 15.6. The van der Waals surface area contributed by atoms with Gasteiger partial charge in [-0.05, 0) is 59.7 Å². The molecule has 27 heavy (non-hydrogen) atoms. The van der Waals surface area contributed by atoms with E-state index < -0.39 is 0 Å². The SMILES string of the molecule is Clc1ccc(C2=C(c3ccc(Cl)cc3)c3cccc4nccc(c34)O2)cc1. The second-order valence-corrected chi connectivity index (χ2v) is 7.20. The lowest BCUT2D eigenvalue weighted by atomic mass is 9.89. The number of nitrogens with zero attached hydrogens (tertiary/aromatic N) is 1. The number of halogens is 2. The van der Waals surface area contributed by atoms with Crippen LogP contribution in [0, 0.1) is 0 Å². The van der Waals surface area contributed by atoms with E-state index in [-0.39, 0.29) is 0 Å². The van der Waals surface area contributed by atoms with Gasteiger partial charge in [-0.15, -0.1) is 0 Å². The Labute approximate surface area is 166 Å². The molecule has 1 aliphatic heterocycles. The first kappa shape index (κ1) is 16.4. The summed E-state index contributed by atoms with van der Waals surface area (Å²) in [6.07, 6.45) is 1.77. The molecule has 0 aliphatic carbocycles. The van der Waals surface area contributed by atoms with E-state index >= 15 is 0 Å². The first-order valence-electron chi connectivity index (χ1n) is 8.53. The van der Waals surface area contributed by atoms with Crippen molar-refractivity contribution in [3.8, 4) is 5.75 Å². The highest BCUT2D eigenvalue weighted by molar-refractivity contribution is 6.31. The van der Waals surface area contributed by atoms with Crippen LogP contribution < -0.4 is 4.74 Å². The first-order valence-corrected chi connectivity index (χ1v) is 9.28. The van der Waals surface area contributed by atoms with Gasteiger partial charge >= 0.3 is 0 Å². The van der Waals surface area contributed by atoms with Crippen LogP contribution in [0.2, 0.25) is 10.0 Å². The number of aromatic nitrogens is 1. The summed E-state index contributed by atoms with van der Waals surface area (Å²) in [6.45, 7) is 0. The van der Waals surface area contributed by atoms with Gasteiger partial charge in [0.25, 0.3) is 0 Å². The van der Waals surface area contributed by atoms with Crippen LogP contribution in [0.3, 0.4) is 0 Å². The third-order valence-electron chi connectivity index (χ3n) is 4.68. The van der Waals surface area contributed by atoms with E-state index in [1.807, 2.05) is 66.7 Å². The number of hydrogen-bond donors (Lipinski definition) is 0. The maximum absolute atomic E-state index is 6.39. The van der Waals surface area contributed by atoms with E-state index in [0.29, 0.717) is 10.0 Å². The average molecular weight is 390 g/mol. The van der Waals surface area contributed by atoms with Gasteiger partial charge in [0.15, 0.2) is 0 Å². The number of hydrogen-bond acceptors (Lipinski definition) is 2. The van der Waals surface area contributed by atoms with Crippen molar-refractivity contribution in [3.63, 3.8) is 0 Å². The summed E-state index contributed by atoms with van der Waals surface area (Å²) < 4.78 is 6.39. The van der Waals surface area contributed by atoms with Crippen LogP contribution >= 0.6 is 23.2 Å². The Morgan fingerprint density at radius 1 is 0.704 bits per heavy atom. The highest BCUT2D eigenvalue weighted by Gasteiger charge is 2.25. The summed E-state index contributed by atoms with van der Waals surface area (Å²) >= 11 is 12.2. The lowest BCUT2D eigenvalue weighted by Gasteiger charge is -2.24. The van der Waals surface area contributed by atoms with Gasteiger partial charge < -0.3 is 4.74 Å². The maximum Gasteiger partial charge on any atom is 0.143 e. The van der Waals surface area contributed by atoms with Crippen LogP contribution in [0.5, 0.6) is 5.75 Å². The molecule has 0 saturated carbocycles.